The zero-order chi connectivity index (χ0) is 11.1. The summed E-state index contributed by atoms with van der Waals surface area (Å²) in [5.74, 6) is 0.00478. The third kappa shape index (κ3) is 5.32. The van der Waals surface area contributed by atoms with Gasteiger partial charge in [0.15, 0.2) is 0 Å². The molecule has 1 aromatic rings. The number of aromatic nitrogens is 1. The number of hydrogen-bond donors (Lipinski definition) is 1. The third-order valence-electron chi connectivity index (χ3n) is 1.72. The van der Waals surface area contributed by atoms with Crippen LogP contribution in [0.15, 0.2) is 28.9 Å². The molecule has 1 rings (SSSR count). The maximum Gasteiger partial charge on any atom is 0.216 e. The van der Waals surface area contributed by atoms with E-state index < -0.39 is 0 Å². The lowest BCUT2D eigenvalue weighted by Gasteiger charge is -1.96. The van der Waals surface area contributed by atoms with Gasteiger partial charge in [-0.15, -0.1) is 0 Å². The van der Waals surface area contributed by atoms with Crippen molar-refractivity contribution in [1.82, 2.24) is 10.3 Å². The average Bonchev–Trinajstić information content (AvgIpc) is 2.20. The van der Waals surface area contributed by atoms with E-state index in [-0.39, 0.29) is 5.91 Å². The number of carbonyl (C=O) groups excluding carboxylic acids is 1. The van der Waals surface area contributed by atoms with Gasteiger partial charge in [0.05, 0.1) is 5.69 Å². The van der Waals surface area contributed by atoms with Crippen molar-refractivity contribution in [2.75, 3.05) is 6.54 Å². The molecule has 80 valence electrons. The molecule has 1 heterocycles. The molecule has 0 saturated heterocycles. The van der Waals surface area contributed by atoms with Crippen molar-refractivity contribution in [3.05, 3.63) is 34.6 Å². The summed E-state index contributed by atoms with van der Waals surface area (Å²) < 4.78 is 0.970. The van der Waals surface area contributed by atoms with Crippen molar-refractivity contribution in [3.8, 4) is 0 Å². The molecule has 1 amide bonds. The van der Waals surface area contributed by atoms with Crippen molar-refractivity contribution < 1.29 is 4.79 Å². The van der Waals surface area contributed by atoms with E-state index >= 15 is 0 Å². The Balaban J connectivity index is 2.32. The number of nitrogens with one attached hydrogen (secondary N) is 1. The number of amides is 1. The summed E-state index contributed by atoms with van der Waals surface area (Å²) in [6.07, 6.45) is 6.51. The quantitative estimate of drug-likeness (QED) is 0.853. The second-order valence-corrected chi connectivity index (χ2v) is 3.99. The molecule has 15 heavy (non-hydrogen) atoms. The van der Waals surface area contributed by atoms with Gasteiger partial charge < -0.3 is 5.32 Å². The first-order valence-electron chi connectivity index (χ1n) is 4.71. The summed E-state index contributed by atoms with van der Waals surface area (Å²) >= 11 is 3.32. The number of hydrogen-bond acceptors (Lipinski definition) is 2. The molecule has 0 aliphatic carbocycles. The van der Waals surface area contributed by atoms with Crippen LogP contribution in [0.4, 0.5) is 0 Å². The van der Waals surface area contributed by atoms with E-state index in [1.165, 1.54) is 6.92 Å². The molecule has 0 aliphatic heterocycles. The Morgan fingerprint density at radius 2 is 2.40 bits per heavy atom. The van der Waals surface area contributed by atoms with E-state index in [4.69, 9.17) is 0 Å². The second kappa shape index (κ2) is 6.35. The highest BCUT2D eigenvalue weighted by Crippen LogP contribution is 2.08. The van der Waals surface area contributed by atoms with Crippen molar-refractivity contribution in [2.45, 2.75) is 13.3 Å². The summed E-state index contributed by atoms with van der Waals surface area (Å²) in [7, 11) is 0. The zero-order valence-corrected chi connectivity index (χ0v) is 10.1. The lowest BCUT2D eigenvalue weighted by Crippen LogP contribution is -2.20. The highest BCUT2D eigenvalue weighted by atomic mass is 79.9. The maximum atomic E-state index is 10.6. The van der Waals surface area contributed by atoms with Crippen LogP contribution in [0.5, 0.6) is 0 Å². The van der Waals surface area contributed by atoms with Crippen LogP contribution in [0.3, 0.4) is 0 Å². The fraction of sp³-hybridized carbons (Fsp3) is 0.273. The van der Waals surface area contributed by atoms with Crippen molar-refractivity contribution in [3.63, 3.8) is 0 Å². The van der Waals surface area contributed by atoms with E-state index in [9.17, 15) is 4.79 Å². The molecule has 1 aromatic heterocycles. The van der Waals surface area contributed by atoms with Gasteiger partial charge in [0, 0.05) is 24.1 Å². The normalized spacial score (nSPS) is 10.5. The van der Waals surface area contributed by atoms with Gasteiger partial charge in [-0.25, -0.2) is 0 Å². The summed E-state index contributed by atoms with van der Waals surface area (Å²) in [5.41, 5.74) is 0.918. The summed E-state index contributed by atoms with van der Waals surface area (Å²) in [6, 6.07) is 3.87. The molecule has 0 aliphatic rings. The molecule has 0 radical (unpaired) electrons. The standard InChI is InChI=1S/C11H13BrN2O/c1-9(15)13-7-3-2-4-11-6-5-10(12)8-14-11/h2,4-6,8H,3,7H2,1H3,(H,13,15). The third-order valence-corrected chi connectivity index (χ3v) is 2.19. The minimum atomic E-state index is 0.00478. The lowest BCUT2D eigenvalue weighted by molar-refractivity contribution is -0.118. The molecule has 0 aromatic carbocycles. The van der Waals surface area contributed by atoms with Gasteiger partial charge in [0.2, 0.25) is 5.91 Å². The van der Waals surface area contributed by atoms with Gasteiger partial charge in [-0.1, -0.05) is 6.08 Å². The molecule has 0 spiro atoms. The minimum absolute atomic E-state index is 0.00478. The Morgan fingerprint density at radius 1 is 1.60 bits per heavy atom. The summed E-state index contributed by atoms with van der Waals surface area (Å²) in [6.45, 7) is 2.18. The van der Waals surface area contributed by atoms with Crippen LogP contribution in [0.25, 0.3) is 6.08 Å². The molecular formula is C11H13BrN2O. The van der Waals surface area contributed by atoms with Gasteiger partial charge in [0.1, 0.15) is 0 Å². The maximum absolute atomic E-state index is 10.6. The molecule has 0 saturated carbocycles. The first-order chi connectivity index (χ1) is 7.18. The number of rotatable bonds is 4. The van der Waals surface area contributed by atoms with Crippen molar-refractivity contribution >= 4 is 27.9 Å². The van der Waals surface area contributed by atoms with Gasteiger partial charge in [0.25, 0.3) is 0 Å². The number of pyridine rings is 1. The SMILES string of the molecule is CC(=O)NCCC=Cc1ccc(Br)cn1. The van der Waals surface area contributed by atoms with Crippen molar-refractivity contribution in [1.29, 1.82) is 0 Å². The second-order valence-electron chi connectivity index (χ2n) is 3.08. The first kappa shape index (κ1) is 11.9. The fourth-order valence-electron chi connectivity index (χ4n) is 1.02. The highest BCUT2D eigenvalue weighted by Gasteiger charge is 1.89. The smallest absolute Gasteiger partial charge is 0.216 e. The highest BCUT2D eigenvalue weighted by molar-refractivity contribution is 9.10. The number of halogens is 1. The lowest BCUT2D eigenvalue weighted by atomic mass is 10.3. The van der Waals surface area contributed by atoms with Crippen LogP contribution in [-0.4, -0.2) is 17.4 Å². The number of nitrogens with zero attached hydrogens (tertiary/aromatic N) is 1. The Morgan fingerprint density at radius 3 is 3.00 bits per heavy atom. The largest absolute Gasteiger partial charge is 0.356 e. The van der Waals surface area contributed by atoms with Gasteiger partial charge in [-0.05, 0) is 40.6 Å². The van der Waals surface area contributed by atoms with Crippen LogP contribution in [-0.2, 0) is 4.79 Å². The molecular weight excluding hydrogens is 256 g/mol. The van der Waals surface area contributed by atoms with E-state index in [1.54, 1.807) is 6.20 Å². The fourth-order valence-corrected chi connectivity index (χ4v) is 1.26. The molecule has 0 bridgehead atoms. The first-order valence-corrected chi connectivity index (χ1v) is 5.50. The topological polar surface area (TPSA) is 42.0 Å². The molecule has 1 N–H and O–H groups in total. The van der Waals surface area contributed by atoms with E-state index in [0.717, 1.165) is 16.6 Å². The van der Waals surface area contributed by atoms with Crippen LogP contribution >= 0.6 is 15.9 Å². The molecule has 4 heteroatoms. The zero-order valence-electron chi connectivity index (χ0n) is 8.53. The predicted octanol–water partition coefficient (Wildman–Crippen LogP) is 2.38. The molecule has 0 unspecified atom stereocenters. The Hall–Kier alpha value is -1.16. The van der Waals surface area contributed by atoms with Gasteiger partial charge in [-0.3, -0.25) is 9.78 Å². The number of carbonyl (C=O) groups is 1. The summed E-state index contributed by atoms with van der Waals surface area (Å²) in [4.78, 5) is 14.8. The monoisotopic (exact) mass is 268 g/mol. The van der Waals surface area contributed by atoms with Crippen LogP contribution in [0.2, 0.25) is 0 Å². The predicted molar refractivity (Wildman–Crippen MR) is 64.3 cm³/mol. The Kier molecular flexibility index (Phi) is 5.04. The Bertz CT molecular complexity index is 346. The molecule has 0 fully saturated rings. The van der Waals surface area contributed by atoms with Gasteiger partial charge in [-0.2, -0.15) is 0 Å². The van der Waals surface area contributed by atoms with Crippen LogP contribution in [0.1, 0.15) is 19.0 Å². The van der Waals surface area contributed by atoms with Crippen LogP contribution in [0, 0.1) is 0 Å². The van der Waals surface area contributed by atoms with E-state index in [0.29, 0.717) is 6.54 Å². The average molecular weight is 269 g/mol. The van der Waals surface area contributed by atoms with E-state index in [1.807, 2.05) is 24.3 Å². The van der Waals surface area contributed by atoms with Crippen LogP contribution < -0.4 is 5.32 Å². The minimum Gasteiger partial charge on any atom is -0.356 e. The molecule has 3 nitrogen and oxygen atoms in total. The van der Waals surface area contributed by atoms with E-state index in [2.05, 4.69) is 26.2 Å². The summed E-state index contributed by atoms with van der Waals surface area (Å²) in [5, 5.41) is 2.72. The van der Waals surface area contributed by atoms with Crippen molar-refractivity contribution in [2.24, 2.45) is 0 Å². The van der Waals surface area contributed by atoms with Gasteiger partial charge >= 0.3 is 0 Å². The Labute approximate surface area is 97.7 Å². The molecule has 0 atom stereocenters.